The molecule has 0 radical (unpaired) electrons. The van der Waals surface area contributed by atoms with Crippen molar-refractivity contribution in [2.24, 2.45) is 0 Å². The van der Waals surface area contributed by atoms with Crippen LogP contribution in [0.3, 0.4) is 0 Å². The van der Waals surface area contributed by atoms with Crippen LogP contribution < -0.4 is 10.6 Å². The maximum atomic E-state index is 8.85. The van der Waals surface area contributed by atoms with Gasteiger partial charge in [0.05, 0.1) is 11.6 Å². The highest BCUT2D eigenvalue weighted by atomic mass is 15.2. The Labute approximate surface area is 99.9 Å². The lowest BCUT2D eigenvalue weighted by Gasteiger charge is -2.18. The van der Waals surface area contributed by atoms with E-state index in [0.29, 0.717) is 11.4 Å². The quantitative estimate of drug-likeness (QED) is 0.850. The second-order valence-electron chi connectivity index (χ2n) is 3.64. The van der Waals surface area contributed by atoms with Gasteiger partial charge in [0.25, 0.3) is 0 Å². The van der Waals surface area contributed by atoms with Crippen molar-refractivity contribution in [2.45, 2.75) is 0 Å². The number of pyridine rings is 1. The zero-order valence-corrected chi connectivity index (χ0v) is 9.46. The number of nitrogens with two attached hydrogens (primary N) is 1. The molecule has 0 unspecified atom stereocenters. The standard InChI is InChI=1S/C13H12N4/c1-17(13-7-3-6-12(15)16-13)11-5-2-4-10(8-11)9-14/h2-8H,1H3,(H2,15,16). The zero-order valence-electron chi connectivity index (χ0n) is 9.46. The Morgan fingerprint density at radius 3 is 2.71 bits per heavy atom. The first-order valence-corrected chi connectivity index (χ1v) is 5.17. The summed E-state index contributed by atoms with van der Waals surface area (Å²) >= 11 is 0. The summed E-state index contributed by atoms with van der Waals surface area (Å²) in [5, 5.41) is 8.85. The summed E-state index contributed by atoms with van der Waals surface area (Å²) in [4.78, 5) is 6.11. The van der Waals surface area contributed by atoms with E-state index in [1.165, 1.54) is 0 Å². The molecule has 2 rings (SSSR count). The van der Waals surface area contributed by atoms with E-state index in [4.69, 9.17) is 11.0 Å². The maximum Gasteiger partial charge on any atom is 0.135 e. The molecule has 1 aromatic heterocycles. The van der Waals surface area contributed by atoms with Crippen LogP contribution in [0.5, 0.6) is 0 Å². The van der Waals surface area contributed by atoms with Gasteiger partial charge in [-0.15, -0.1) is 0 Å². The molecule has 0 bridgehead atoms. The lowest BCUT2D eigenvalue weighted by atomic mass is 10.2. The van der Waals surface area contributed by atoms with Gasteiger partial charge < -0.3 is 10.6 Å². The Kier molecular flexibility index (Phi) is 2.93. The van der Waals surface area contributed by atoms with Crippen LogP contribution in [0.2, 0.25) is 0 Å². The van der Waals surface area contributed by atoms with E-state index in [1.807, 2.05) is 42.3 Å². The van der Waals surface area contributed by atoms with E-state index < -0.39 is 0 Å². The lowest BCUT2D eigenvalue weighted by molar-refractivity contribution is 1.13. The van der Waals surface area contributed by atoms with Crippen molar-refractivity contribution < 1.29 is 0 Å². The smallest absolute Gasteiger partial charge is 0.135 e. The minimum Gasteiger partial charge on any atom is -0.384 e. The Hall–Kier alpha value is -2.54. The van der Waals surface area contributed by atoms with E-state index in [9.17, 15) is 0 Å². The summed E-state index contributed by atoms with van der Waals surface area (Å²) in [5.41, 5.74) is 7.17. The van der Waals surface area contributed by atoms with Gasteiger partial charge in [-0.1, -0.05) is 12.1 Å². The Balaban J connectivity index is 2.37. The van der Waals surface area contributed by atoms with E-state index in [2.05, 4.69) is 11.1 Å². The second kappa shape index (κ2) is 4.54. The molecule has 0 saturated heterocycles. The number of nitrogens with zero attached hydrogens (tertiary/aromatic N) is 3. The molecule has 0 spiro atoms. The summed E-state index contributed by atoms with van der Waals surface area (Å²) in [6.07, 6.45) is 0. The number of nitrogen functional groups attached to an aromatic ring is 1. The summed E-state index contributed by atoms with van der Waals surface area (Å²) < 4.78 is 0. The van der Waals surface area contributed by atoms with Crippen molar-refractivity contribution in [3.8, 4) is 6.07 Å². The number of aromatic nitrogens is 1. The number of hydrogen-bond donors (Lipinski definition) is 1. The van der Waals surface area contributed by atoms with Crippen molar-refractivity contribution >= 4 is 17.3 Å². The molecule has 0 fully saturated rings. The molecule has 0 aliphatic carbocycles. The normalized spacial score (nSPS) is 9.65. The highest BCUT2D eigenvalue weighted by Gasteiger charge is 2.05. The fourth-order valence-corrected chi connectivity index (χ4v) is 1.54. The summed E-state index contributed by atoms with van der Waals surface area (Å²) in [6, 6.07) is 14.9. The van der Waals surface area contributed by atoms with Crippen LogP contribution in [0, 0.1) is 11.3 Å². The van der Waals surface area contributed by atoms with Gasteiger partial charge in [0.2, 0.25) is 0 Å². The molecule has 0 atom stereocenters. The van der Waals surface area contributed by atoms with E-state index in [1.54, 1.807) is 12.1 Å². The largest absolute Gasteiger partial charge is 0.384 e. The van der Waals surface area contributed by atoms with Crippen LogP contribution in [-0.4, -0.2) is 12.0 Å². The van der Waals surface area contributed by atoms with E-state index in [0.717, 1.165) is 11.5 Å². The monoisotopic (exact) mass is 224 g/mol. The first kappa shape index (κ1) is 11.0. The molecule has 0 amide bonds. The van der Waals surface area contributed by atoms with Crippen LogP contribution in [0.15, 0.2) is 42.5 Å². The first-order chi connectivity index (χ1) is 8.20. The highest BCUT2D eigenvalue weighted by molar-refractivity contribution is 5.62. The van der Waals surface area contributed by atoms with Gasteiger partial charge in [0.1, 0.15) is 11.6 Å². The molecule has 0 aliphatic rings. The van der Waals surface area contributed by atoms with Gasteiger partial charge in [0.15, 0.2) is 0 Å². The molecular weight excluding hydrogens is 212 g/mol. The number of nitriles is 1. The van der Waals surface area contributed by atoms with Crippen molar-refractivity contribution in [2.75, 3.05) is 17.7 Å². The van der Waals surface area contributed by atoms with Gasteiger partial charge in [0, 0.05) is 12.7 Å². The van der Waals surface area contributed by atoms with Gasteiger partial charge in [-0.05, 0) is 30.3 Å². The molecule has 4 nitrogen and oxygen atoms in total. The predicted octanol–water partition coefficient (Wildman–Crippen LogP) is 2.30. The van der Waals surface area contributed by atoms with Crippen LogP contribution in [0.1, 0.15) is 5.56 Å². The highest BCUT2D eigenvalue weighted by Crippen LogP contribution is 2.22. The molecule has 0 aliphatic heterocycles. The first-order valence-electron chi connectivity index (χ1n) is 5.17. The van der Waals surface area contributed by atoms with Crippen LogP contribution in [0.4, 0.5) is 17.3 Å². The molecule has 2 aromatic rings. The average Bonchev–Trinajstić information content (AvgIpc) is 2.38. The molecule has 2 N–H and O–H groups in total. The SMILES string of the molecule is CN(c1cccc(C#N)c1)c1cccc(N)n1. The third-order valence-electron chi connectivity index (χ3n) is 2.46. The fraction of sp³-hybridized carbons (Fsp3) is 0.0769. The van der Waals surface area contributed by atoms with Crippen LogP contribution in [-0.2, 0) is 0 Å². The van der Waals surface area contributed by atoms with Gasteiger partial charge in [-0.25, -0.2) is 4.98 Å². The third-order valence-corrected chi connectivity index (χ3v) is 2.46. The van der Waals surface area contributed by atoms with Crippen molar-refractivity contribution in [1.82, 2.24) is 4.98 Å². The molecular formula is C13H12N4. The van der Waals surface area contributed by atoms with Crippen LogP contribution in [0.25, 0.3) is 0 Å². The summed E-state index contributed by atoms with van der Waals surface area (Å²) in [6.45, 7) is 0. The topological polar surface area (TPSA) is 65.9 Å². The molecule has 84 valence electrons. The van der Waals surface area contributed by atoms with Crippen LogP contribution >= 0.6 is 0 Å². The number of rotatable bonds is 2. The minimum absolute atomic E-state index is 0.478. The molecule has 0 saturated carbocycles. The number of benzene rings is 1. The summed E-state index contributed by atoms with van der Waals surface area (Å²) in [5.74, 6) is 1.23. The van der Waals surface area contributed by atoms with Gasteiger partial charge in [-0.3, -0.25) is 0 Å². The fourth-order valence-electron chi connectivity index (χ4n) is 1.54. The summed E-state index contributed by atoms with van der Waals surface area (Å²) in [7, 11) is 1.89. The molecule has 4 heteroatoms. The van der Waals surface area contributed by atoms with E-state index in [-0.39, 0.29) is 0 Å². The Morgan fingerprint density at radius 2 is 2.00 bits per heavy atom. The molecule has 1 heterocycles. The molecule has 17 heavy (non-hydrogen) atoms. The minimum atomic E-state index is 0.478. The maximum absolute atomic E-state index is 8.85. The van der Waals surface area contributed by atoms with E-state index >= 15 is 0 Å². The van der Waals surface area contributed by atoms with Gasteiger partial charge >= 0.3 is 0 Å². The zero-order chi connectivity index (χ0) is 12.3. The predicted molar refractivity (Wildman–Crippen MR) is 67.9 cm³/mol. The Morgan fingerprint density at radius 1 is 1.24 bits per heavy atom. The van der Waals surface area contributed by atoms with Crippen molar-refractivity contribution in [3.63, 3.8) is 0 Å². The number of hydrogen-bond acceptors (Lipinski definition) is 4. The Bertz CT molecular complexity index is 572. The average molecular weight is 224 g/mol. The lowest BCUT2D eigenvalue weighted by Crippen LogP contribution is -2.11. The van der Waals surface area contributed by atoms with Gasteiger partial charge in [-0.2, -0.15) is 5.26 Å². The molecule has 1 aromatic carbocycles. The van der Waals surface area contributed by atoms with Crippen molar-refractivity contribution in [3.05, 3.63) is 48.0 Å². The second-order valence-corrected chi connectivity index (χ2v) is 3.64. The number of anilines is 3. The third kappa shape index (κ3) is 2.34. The van der Waals surface area contributed by atoms with Crippen molar-refractivity contribution in [1.29, 1.82) is 5.26 Å².